The van der Waals surface area contributed by atoms with Crippen molar-refractivity contribution in [1.29, 1.82) is 0 Å². The van der Waals surface area contributed by atoms with E-state index in [0.717, 1.165) is 4.90 Å². The van der Waals surface area contributed by atoms with Crippen LogP contribution in [0.15, 0.2) is 0 Å². The van der Waals surface area contributed by atoms with E-state index in [1.165, 1.54) is 19.4 Å². The zero-order chi connectivity index (χ0) is 31.4. The lowest BCUT2D eigenvalue weighted by Crippen LogP contribution is -2.76. The molecule has 38 heavy (non-hydrogen) atoms. The topological polar surface area (TPSA) is 17.3 Å². The lowest BCUT2D eigenvalue weighted by atomic mass is 9.87. The molecular formula is C15H12F21N2-. The highest BCUT2D eigenvalue weighted by Gasteiger charge is 2.97. The smallest absolute Gasteiger partial charge is 0.460 e. The Morgan fingerprint density at radius 3 is 0.947 bits per heavy atom. The Morgan fingerprint density at radius 1 is 0.421 bits per heavy atom. The number of nitrogens with zero attached hydrogens (tertiary/aromatic N) is 2. The molecule has 0 aromatic carbocycles. The average Bonchev–Trinajstić information content (AvgIpc) is 2.68. The predicted molar refractivity (Wildman–Crippen MR) is 82.0 cm³/mol. The Kier molecular flexibility index (Phi) is 9.42. The van der Waals surface area contributed by atoms with Gasteiger partial charge in [0.25, 0.3) is 0 Å². The molecule has 0 aliphatic heterocycles. The van der Waals surface area contributed by atoms with Gasteiger partial charge >= 0.3 is 53.6 Å². The zero-order valence-corrected chi connectivity index (χ0v) is 18.0. The molecule has 0 rings (SSSR count). The van der Waals surface area contributed by atoms with Crippen LogP contribution in [0.4, 0.5) is 92.2 Å². The molecule has 0 saturated heterocycles. The minimum absolute atomic E-state index is 0.339. The fourth-order valence-electron chi connectivity index (χ4n) is 2.26. The van der Waals surface area contributed by atoms with Gasteiger partial charge in [-0.2, -0.15) is 83.4 Å². The monoisotopic (exact) mass is 619 g/mol. The largest absolute Gasteiger partial charge is 0.595 e. The van der Waals surface area contributed by atoms with Crippen molar-refractivity contribution in [2.24, 2.45) is 0 Å². The molecule has 0 aliphatic rings. The van der Waals surface area contributed by atoms with Crippen LogP contribution in [0.25, 0.3) is 5.32 Å². The molecule has 0 saturated carbocycles. The van der Waals surface area contributed by atoms with Crippen molar-refractivity contribution in [3.05, 3.63) is 5.32 Å². The highest BCUT2D eigenvalue weighted by molar-refractivity contribution is 5.19. The molecule has 0 aromatic rings. The third-order valence-corrected chi connectivity index (χ3v) is 4.57. The van der Waals surface area contributed by atoms with E-state index in [2.05, 4.69) is 0 Å². The normalized spacial score (nSPS) is 16.4. The minimum Gasteiger partial charge on any atom is -0.595 e. The minimum atomic E-state index is -9.17. The van der Waals surface area contributed by atoms with Crippen LogP contribution in [-0.2, 0) is 0 Å². The average molecular weight is 619 g/mol. The second-order valence-electron chi connectivity index (χ2n) is 7.67. The van der Waals surface area contributed by atoms with Gasteiger partial charge in [0.1, 0.15) is 0 Å². The summed E-state index contributed by atoms with van der Waals surface area (Å²) in [6.45, 7) is -1.97. The molecule has 0 fully saturated rings. The number of rotatable bonds is 13. The van der Waals surface area contributed by atoms with Crippen LogP contribution < -0.4 is 0 Å². The molecule has 230 valence electrons. The molecule has 0 aliphatic carbocycles. The van der Waals surface area contributed by atoms with E-state index in [0.29, 0.717) is 0 Å². The first-order valence-electron chi connectivity index (χ1n) is 8.97. The summed E-state index contributed by atoms with van der Waals surface area (Å²) in [6, 6.07) is -6.88. The summed E-state index contributed by atoms with van der Waals surface area (Å²) in [5.74, 6) is -70.3. The van der Waals surface area contributed by atoms with Gasteiger partial charge in [-0.25, -0.2) is 8.78 Å². The fraction of sp³-hybridized carbons (Fsp3) is 1.00. The summed E-state index contributed by atoms with van der Waals surface area (Å²) in [6.07, 6.45) is -8.75. The van der Waals surface area contributed by atoms with Crippen LogP contribution in [0.1, 0.15) is 6.42 Å². The fourth-order valence-corrected chi connectivity index (χ4v) is 2.26. The molecular weight excluding hydrogens is 607 g/mol. The molecule has 0 aromatic heterocycles. The molecule has 0 heterocycles. The number of halogens is 21. The van der Waals surface area contributed by atoms with Crippen molar-refractivity contribution in [2.45, 2.75) is 66.0 Å². The van der Waals surface area contributed by atoms with E-state index in [1.807, 2.05) is 0 Å². The first-order chi connectivity index (χ1) is 16.2. The molecule has 0 bridgehead atoms. The first-order valence-corrected chi connectivity index (χ1v) is 8.97. The predicted octanol–water partition coefficient (Wildman–Crippen LogP) is 7.55. The summed E-state index contributed by atoms with van der Waals surface area (Å²) in [5, 5.41) is 1.52. The third kappa shape index (κ3) is 5.04. The van der Waals surface area contributed by atoms with Crippen molar-refractivity contribution in [1.82, 2.24) is 4.90 Å². The zero-order valence-electron chi connectivity index (χ0n) is 18.0. The van der Waals surface area contributed by atoms with E-state index >= 15 is 0 Å². The van der Waals surface area contributed by atoms with Crippen molar-refractivity contribution in [3.8, 4) is 0 Å². The van der Waals surface area contributed by atoms with E-state index in [1.54, 1.807) is 0 Å². The van der Waals surface area contributed by atoms with Crippen LogP contribution in [0.2, 0.25) is 0 Å². The summed E-state index contributed by atoms with van der Waals surface area (Å²) in [7, 11) is 2.43. The Bertz CT molecular complexity index is 812. The maximum Gasteiger partial charge on any atom is 0.460 e. The standard InChI is InChI=1S/C15H12F21N2/c1-38(2)5-3-4-37-15(35,36)13(30,31)11(26,27)9(22,23)7(18,19)6(16,17)8(20,21)10(24,25)12(28,29)14(32,33)34/h3-5H2,1-2H3/q-1. The van der Waals surface area contributed by atoms with Gasteiger partial charge in [-0.3, -0.25) is 0 Å². The van der Waals surface area contributed by atoms with E-state index in [-0.39, 0.29) is 6.54 Å². The van der Waals surface area contributed by atoms with Gasteiger partial charge < -0.3 is 10.2 Å². The highest BCUT2D eigenvalue weighted by Crippen LogP contribution is 2.66. The van der Waals surface area contributed by atoms with Gasteiger partial charge in [-0.15, -0.1) is 6.54 Å². The SMILES string of the molecule is CN(C)CCC[N-]C(F)(F)C(F)(F)C(F)(F)C(F)(F)C(F)(F)C(F)(F)C(F)(F)C(F)(F)C(F)(F)C(F)(F)F. The molecule has 0 amide bonds. The first kappa shape index (κ1) is 36.4. The number of hydrogen-bond acceptors (Lipinski definition) is 1. The van der Waals surface area contributed by atoms with Crippen LogP contribution in [0.5, 0.6) is 0 Å². The lowest BCUT2D eigenvalue weighted by Gasteiger charge is -2.46. The van der Waals surface area contributed by atoms with E-state index < -0.39 is 72.6 Å². The molecule has 23 heteroatoms. The summed E-state index contributed by atoms with van der Waals surface area (Å²) in [4.78, 5) is 1.12. The van der Waals surface area contributed by atoms with Crippen LogP contribution >= 0.6 is 0 Å². The van der Waals surface area contributed by atoms with Crippen LogP contribution in [0, 0.1) is 0 Å². The second-order valence-corrected chi connectivity index (χ2v) is 7.67. The Hall–Kier alpha value is -1.55. The molecule has 0 radical (unpaired) electrons. The molecule has 0 spiro atoms. The van der Waals surface area contributed by atoms with Gasteiger partial charge in [-0.05, 0) is 20.6 Å². The summed E-state index contributed by atoms with van der Waals surface area (Å²) >= 11 is 0. The van der Waals surface area contributed by atoms with Crippen molar-refractivity contribution in [2.75, 3.05) is 27.2 Å². The lowest BCUT2D eigenvalue weighted by molar-refractivity contribution is -0.473. The third-order valence-electron chi connectivity index (χ3n) is 4.57. The Morgan fingerprint density at radius 2 is 0.684 bits per heavy atom. The maximum absolute atomic E-state index is 13.6. The molecule has 2 nitrogen and oxygen atoms in total. The number of hydrogen-bond donors (Lipinski definition) is 0. The van der Waals surface area contributed by atoms with E-state index in [4.69, 9.17) is 0 Å². The van der Waals surface area contributed by atoms with Gasteiger partial charge in [0, 0.05) is 0 Å². The molecule has 0 N–H and O–H groups in total. The molecule has 0 atom stereocenters. The second kappa shape index (κ2) is 9.82. The van der Waals surface area contributed by atoms with Crippen molar-refractivity contribution in [3.63, 3.8) is 0 Å². The van der Waals surface area contributed by atoms with Gasteiger partial charge in [0.05, 0.1) is 0 Å². The van der Waals surface area contributed by atoms with E-state index in [9.17, 15) is 92.2 Å². The number of alkyl halides is 21. The van der Waals surface area contributed by atoms with Gasteiger partial charge in [0.2, 0.25) is 6.05 Å². The maximum atomic E-state index is 13.6. The molecule has 0 unspecified atom stereocenters. The quantitative estimate of drug-likeness (QED) is 0.118. The van der Waals surface area contributed by atoms with Crippen LogP contribution in [0.3, 0.4) is 0 Å². The van der Waals surface area contributed by atoms with Crippen molar-refractivity contribution < 1.29 is 92.2 Å². The summed E-state index contributed by atoms with van der Waals surface area (Å²) in [5.41, 5.74) is 0. The van der Waals surface area contributed by atoms with Gasteiger partial charge in [0.15, 0.2) is 0 Å². The summed E-state index contributed by atoms with van der Waals surface area (Å²) < 4.78 is 277. The van der Waals surface area contributed by atoms with Gasteiger partial charge in [-0.1, -0.05) is 6.42 Å². The Labute approximate surface area is 197 Å². The van der Waals surface area contributed by atoms with Crippen LogP contribution in [-0.4, -0.2) is 91.7 Å². The Balaban J connectivity index is 6.74. The van der Waals surface area contributed by atoms with Crippen molar-refractivity contribution >= 4 is 0 Å². The highest BCUT2D eigenvalue weighted by atomic mass is 19.4.